The largest absolute Gasteiger partial charge is 0.272 e. The second-order valence-electron chi connectivity index (χ2n) is 4.29. The molecule has 0 unspecified atom stereocenters. The Bertz CT molecular complexity index is 432. The third-order valence-electron chi connectivity index (χ3n) is 3.07. The third kappa shape index (κ3) is 1.85. The number of nitrogens with one attached hydrogen (secondary N) is 2. The summed E-state index contributed by atoms with van der Waals surface area (Å²) in [7, 11) is -3.50. The van der Waals surface area contributed by atoms with E-state index in [1.165, 1.54) is 0 Å². The number of carbonyl (C=O) groups is 1. The van der Waals surface area contributed by atoms with Crippen molar-refractivity contribution < 1.29 is 13.2 Å². The lowest BCUT2D eigenvalue weighted by Crippen LogP contribution is -2.47. The molecular formula is C9H13ClN2O3S. The van der Waals surface area contributed by atoms with Crippen LogP contribution in [0.5, 0.6) is 0 Å². The molecule has 0 bridgehead atoms. The molecule has 0 heterocycles. The average molecular weight is 265 g/mol. The predicted octanol–water partition coefficient (Wildman–Crippen LogP) is 0.283. The molecular weight excluding hydrogens is 252 g/mol. The Labute approximate surface area is 99.4 Å². The van der Waals surface area contributed by atoms with Crippen molar-refractivity contribution in [3.63, 3.8) is 0 Å². The Balaban J connectivity index is 2.06. The summed E-state index contributed by atoms with van der Waals surface area (Å²) in [5.74, 6) is -0.696. The number of sulfonamides is 1. The zero-order valence-electron chi connectivity index (χ0n) is 8.57. The molecule has 5 nitrogen and oxygen atoms in total. The Hall–Kier alpha value is -0.590. The minimum Gasteiger partial charge on any atom is -0.272 e. The normalized spacial score (nSPS) is 33.2. The molecule has 0 aromatic rings. The highest BCUT2D eigenvalue weighted by Gasteiger charge is 2.59. The molecule has 2 fully saturated rings. The minimum atomic E-state index is -3.50. The first kappa shape index (κ1) is 11.9. The number of hydrogen-bond donors (Lipinski definition) is 2. The van der Waals surface area contributed by atoms with Crippen LogP contribution in [0.4, 0.5) is 0 Å². The van der Waals surface area contributed by atoms with Crippen LogP contribution >= 0.6 is 11.8 Å². The van der Waals surface area contributed by atoms with E-state index in [0.717, 1.165) is 0 Å². The summed E-state index contributed by atoms with van der Waals surface area (Å²) in [5.41, 5.74) is -0.995. The van der Waals surface area contributed by atoms with Crippen LogP contribution in [0.3, 0.4) is 0 Å². The maximum Gasteiger partial charge on any atom is 0.255 e. The van der Waals surface area contributed by atoms with Crippen LogP contribution in [0.15, 0.2) is 12.7 Å². The summed E-state index contributed by atoms with van der Waals surface area (Å²) in [4.78, 5) is 14.2. The molecule has 2 aliphatic carbocycles. The van der Waals surface area contributed by atoms with Crippen molar-refractivity contribution in [1.82, 2.24) is 9.56 Å². The Morgan fingerprint density at radius 2 is 2.12 bits per heavy atom. The van der Waals surface area contributed by atoms with Crippen LogP contribution in [0.25, 0.3) is 0 Å². The summed E-state index contributed by atoms with van der Waals surface area (Å²) in [6.45, 7) is 3.56. The van der Waals surface area contributed by atoms with Crippen LogP contribution in [-0.4, -0.2) is 25.1 Å². The highest BCUT2D eigenvalue weighted by Crippen LogP contribution is 2.45. The monoisotopic (exact) mass is 264 g/mol. The summed E-state index contributed by atoms with van der Waals surface area (Å²) in [5, 5.41) is -0.412. The van der Waals surface area contributed by atoms with Gasteiger partial charge in [-0.2, -0.15) is 0 Å². The first-order valence-corrected chi connectivity index (χ1v) is 6.95. The molecule has 0 radical (unpaired) electrons. The van der Waals surface area contributed by atoms with Gasteiger partial charge in [-0.25, -0.2) is 13.3 Å². The summed E-state index contributed by atoms with van der Waals surface area (Å²) >= 11 is 5.49. The molecule has 0 saturated heterocycles. The lowest BCUT2D eigenvalue weighted by atomic mass is 10.2. The first-order chi connectivity index (χ1) is 7.46. The maximum atomic E-state index is 11.8. The fraction of sp³-hybridized carbons (Fsp3) is 0.667. The molecule has 0 aliphatic heterocycles. The van der Waals surface area contributed by atoms with E-state index in [2.05, 4.69) is 16.1 Å². The van der Waals surface area contributed by atoms with Gasteiger partial charge in [0.05, 0.1) is 5.25 Å². The zero-order chi connectivity index (χ0) is 12.0. The topological polar surface area (TPSA) is 75.3 Å². The molecule has 7 heteroatoms. The Kier molecular flexibility index (Phi) is 2.76. The maximum absolute atomic E-state index is 11.8. The molecule has 0 aromatic carbocycles. The van der Waals surface area contributed by atoms with Gasteiger partial charge in [0, 0.05) is 5.92 Å². The van der Waals surface area contributed by atoms with Crippen molar-refractivity contribution >= 4 is 27.7 Å². The van der Waals surface area contributed by atoms with Gasteiger partial charge >= 0.3 is 0 Å². The van der Waals surface area contributed by atoms with Crippen molar-refractivity contribution in [1.29, 1.82) is 0 Å². The molecule has 16 heavy (non-hydrogen) atoms. The SMILES string of the molecule is C=C[C@H]1C[C@]1(NCl)C(=O)NS(=O)(=O)C1CC1. The lowest BCUT2D eigenvalue weighted by Gasteiger charge is -2.14. The molecule has 0 spiro atoms. The van der Waals surface area contributed by atoms with Crippen molar-refractivity contribution in [3.8, 4) is 0 Å². The van der Waals surface area contributed by atoms with Gasteiger partial charge < -0.3 is 0 Å². The molecule has 2 atom stereocenters. The number of hydrogen-bond acceptors (Lipinski definition) is 4. The number of carbonyl (C=O) groups excluding carboxylic acids is 1. The van der Waals surface area contributed by atoms with E-state index in [1.807, 2.05) is 0 Å². The molecule has 2 saturated carbocycles. The van der Waals surface area contributed by atoms with Crippen LogP contribution in [0, 0.1) is 5.92 Å². The number of amides is 1. The quantitative estimate of drug-likeness (QED) is 0.553. The number of rotatable bonds is 5. The van der Waals surface area contributed by atoms with Gasteiger partial charge in [-0.05, 0) is 31.0 Å². The molecule has 2 rings (SSSR count). The second kappa shape index (κ2) is 3.72. The van der Waals surface area contributed by atoms with Crippen LogP contribution in [0.1, 0.15) is 19.3 Å². The molecule has 1 amide bonds. The molecule has 2 aliphatic rings. The van der Waals surface area contributed by atoms with Gasteiger partial charge in [-0.3, -0.25) is 9.52 Å². The van der Waals surface area contributed by atoms with Gasteiger partial charge in [-0.15, -0.1) is 6.58 Å². The van der Waals surface area contributed by atoms with Gasteiger partial charge in [0.25, 0.3) is 5.91 Å². The van der Waals surface area contributed by atoms with E-state index in [4.69, 9.17) is 11.8 Å². The van der Waals surface area contributed by atoms with Crippen molar-refractivity contribution in [2.75, 3.05) is 0 Å². The predicted molar refractivity (Wildman–Crippen MR) is 60.1 cm³/mol. The van der Waals surface area contributed by atoms with E-state index in [0.29, 0.717) is 19.3 Å². The van der Waals surface area contributed by atoms with E-state index in [-0.39, 0.29) is 5.92 Å². The Morgan fingerprint density at radius 1 is 1.50 bits per heavy atom. The number of halogens is 1. The van der Waals surface area contributed by atoms with Gasteiger partial charge in [0.1, 0.15) is 5.54 Å². The van der Waals surface area contributed by atoms with Crippen molar-refractivity contribution in [2.45, 2.75) is 30.1 Å². The van der Waals surface area contributed by atoms with Crippen molar-refractivity contribution in [3.05, 3.63) is 12.7 Å². The van der Waals surface area contributed by atoms with Crippen LogP contribution < -0.4 is 9.56 Å². The van der Waals surface area contributed by atoms with E-state index >= 15 is 0 Å². The van der Waals surface area contributed by atoms with Gasteiger partial charge in [0.15, 0.2) is 0 Å². The fourth-order valence-electron chi connectivity index (χ4n) is 1.67. The summed E-state index contributed by atoms with van der Waals surface area (Å²) in [6.07, 6.45) is 3.31. The van der Waals surface area contributed by atoms with Crippen molar-refractivity contribution in [2.24, 2.45) is 5.92 Å². The highest BCUT2D eigenvalue weighted by molar-refractivity contribution is 7.90. The average Bonchev–Trinajstić information content (AvgIpc) is 3.10. The lowest BCUT2D eigenvalue weighted by molar-refractivity contribution is -0.122. The summed E-state index contributed by atoms with van der Waals surface area (Å²) in [6, 6.07) is 0. The first-order valence-electron chi connectivity index (χ1n) is 5.02. The van der Waals surface area contributed by atoms with E-state index < -0.39 is 26.7 Å². The second-order valence-corrected chi connectivity index (χ2v) is 6.44. The zero-order valence-corrected chi connectivity index (χ0v) is 10.1. The fourth-order valence-corrected chi connectivity index (χ4v) is 3.33. The standard InChI is InChI=1S/C9H13ClN2O3S/c1-2-6-5-9(6,12-10)8(13)11-16(14,15)7-3-4-7/h2,6-7,12H,1,3-5H2,(H,11,13)/t6-,9+/m0/s1. The van der Waals surface area contributed by atoms with Crippen LogP contribution in [0.2, 0.25) is 0 Å². The van der Waals surface area contributed by atoms with Crippen LogP contribution in [-0.2, 0) is 14.8 Å². The van der Waals surface area contributed by atoms with E-state index in [1.54, 1.807) is 6.08 Å². The molecule has 0 aromatic heterocycles. The minimum absolute atomic E-state index is 0.112. The van der Waals surface area contributed by atoms with E-state index in [9.17, 15) is 13.2 Å². The summed E-state index contributed by atoms with van der Waals surface area (Å²) < 4.78 is 25.2. The molecule has 2 N–H and O–H groups in total. The Morgan fingerprint density at radius 3 is 2.50 bits per heavy atom. The molecule has 90 valence electrons. The van der Waals surface area contributed by atoms with Gasteiger partial charge in [-0.1, -0.05) is 6.08 Å². The smallest absolute Gasteiger partial charge is 0.255 e. The highest BCUT2D eigenvalue weighted by atomic mass is 35.5. The third-order valence-corrected chi connectivity index (χ3v) is 5.23. The van der Waals surface area contributed by atoms with Gasteiger partial charge in [0.2, 0.25) is 10.0 Å².